The Labute approximate surface area is 113 Å². The Bertz CT molecular complexity index is 725. The highest BCUT2D eigenvalue weighted by atomic mass is 16.5. The van der Waals surface area contributed by atoms with Crippen LogP contribution in [-0.2, 0) is 4.79 Å². The van der Waals surface area contributed by atoms with Crippen LogP contribution in [0.1, 0.15) is 20.7 Å². The van der Waals surface area contributed by atoms with E-state index in [2.05, 4.69) is 4.98 Å². The van der Waals surface area contributed by atoms with E-state index in [9.17, 15) is 14.4 Å². The quantitative estimate of drug-likeness (QED) is 0.656. The summed E-state index contributed by atoms with van der Waals surface area (Å²) in [6.07, 6.45) is 3.06. The summed E-state index contributed by atoms with van der Waals surface area (Å²) < 4.78 is 5.54. The number of ether oxygens (including phenoxy) is 1. The first-order valence-electron chi connectivity index (χ1n) is 5.78. The Kier molecular flexibility index (Phi) is 2.76. The number of amides is 2. The molecule has 2 heterocycles. The highest BCUT2D eigenvalue weighted by molar-refractivity contribution is 6.49. The minimum atomic E-state index is -0.930. The highest BCUT2D eigenvalue weighted by Crippen LogP contribution is 2.29. The van der Waals surface area contributed by atoms with Gasteiger partial charge in [0.2, 0.25) is 0 Å². The van der Waals surface area contributed by atoms with Gasteiger partial charge >= 0.3 is 0 Å². The molecule has 0 spiro atoms. The zero-order valence-electron chi connectivity index (χ0n) is 10.1. The Morgan fingerprint density at radius 2 is 1.85 bits per heavy atom. The summed E-state index contributed by atoms with van der Waals surface area (Å²) >= 11 is 0. The smallest absolute Gasteiger partial charge is 0.299 e. The number of Topliss-reactive ketones (excluding diaryl/α,β-unsaturated/α-hetero) is 1. The summed E-state index contributed by atoms with van der Waals surface area (Å²) in [7, 11) is 0. The fraction of sp³-hybridized carbons (Fsp3) is 0. The zero-order valence-corrected chi connectivity index (χ0v) is 10.1. The van der Waals surface area contributed by atoms with Crippen molar-refractivity contribution in [2.24, 2.45) is 0 Å². The third-order valence-corrected chi connectivity index (χ3v) is 2.79. The fourth-order valence-corrected chi connectivity index (χ4v) is 1.92. The molecule has 0 aliphatic carbocycles. The molecule has 2 aromatic rings. The maximum Gasteiger partial charge on any atom is 0.299 e. The summed E-state index contributed by atoms with van der Waals surface area (Å²) in [5.74, 6) is -1.70. The normalized spacial score (nSPS) is 13.7. The third kappa shape index (κ3) is 1.93. The van der Waals surface area contributed by atoms with Crippen LogP contribution in [0.3, 0.4) is 0 Å². The van der Waals surface area contributed by atoms with Crippen LogP contribution in [0, 0.1) is 0 Å². The summed E-state index contributed by atoms with van der Waals surface area (Å²) in [6, 6.07) is 7.87. The number of nitrogens with one attached hydrogen (secondary N) is 1. The summed E-state index contributed by atoms with van der Waals surface area (Å²) in [6.45, 7) is 0. The van der Waals surface area contributed by atoms with Crippen LogP contribution >= 0.6 is 0 Å². The van der Waals surface area contributed by atoms with Gasteiger partial charge in [-0.2, -0.15) is 0 Å². The van der Waals surface area contributed by atoms with Gasteiger partial charge < -0.3 is 4.74 Å². The Morgan fingerprint density at radius 1 is 1.00 bits per heavy atom. The molecule has 0 atom stereocenters. The first-order valence-corrected chi connectivity index (χ1v) is 5.78. The Hall–Kier alpha value is -3.02. The predicted octanol–water partition coefficient (Wildman–Crippen LogP) is 1.33. The lowest BCUT2D eigenvalue weighted by Gasteiger charge is -2.17. The van der Waals surface area contributed by atoms with E-state index in [0.29, 0.717) is 5.75 Å². The van der Waals surface area contributed by atoms with Gasteiger partial charge in [-0.25, -0.2) is 0 Å². The molecule has 1 aromatic carbocycles. The molecule has 98 valence electrons. The van der Waals surface area contributed by atoms with Crippen LogP contribution in [0.5, 0.6) is 11.5 Å². The van der Waals surface area contributed by atoms with E-state index in [4.69, 9.17) is 4.74 Å². The van der Waals surface area contributed by atoms with Crippen LogP contribution in [0.2, 0.25) is 0 Å². The Morgan fingerprint density at radius 3 is 2.60 bits per heavy atom. The highest BCUT2D eigenvalue weighted by Gasteiger charge is 2.33. The van der Waals surface area contributed by atoms with E-state index < -0.39 is 17.6 Å². The first-order chi connectivity index (χ1) is 9.66. The van der Waals surface area contributed by atoms with E-state index in [1.807, 2.05) is 5.32 Å². The molecule has 1 aliphatic heterocycles. The summed E-state index contributed by atoms with van der Waals surface area (Å²) in [5.41, 5.74) is 0.0982. The fourth-order valence-electron chi connectivity index (χ4n) is 1.92. The second-order valence-corrected chi connectivity index (χ2v) is 4.08. The molecule has 6 heteroatoms. The lowest BCUT2D eigenvalue weighted by molar-refractivity contribution is -0.116. The molecule has 0 unspecified atom stereocenters. The zero-order chi connectivity index (χ0) is 14.1. The maximum absolute atomic E-state index is 11.9. The van der Waals surface area contributed by atoms with Gasteiger partial charge in [0.25, 0.3) is 17.6 Å². The topological polar surface area (TPSA) is 85.4 Å². The van der Waals surface area contributed by atoms with Crippen LogP contribution in [-0.4, -0.2) is 22.6 Å². The molecular weight excluding hydrogens is 260 g/mol. The monoisotopic (exact) mass is 268 g/mol. The van der Waals surface area contributed by atoms with Crippen LogP contribution < -0.4 is 10.1 Å². The molecule has 0 bridgehead atoms. The number of pyridine rings is 1. The van der Waals surface area contributed by atoms with Crippen molar-refractivity contribution in [1.29, 1.82) is 0 Å². The molecule has 0 saturated carbocycles. The molecule has 0 fully saturated rings. The minimum absolute atomic E-state index is 0.0418. The van der Waals surface area contributed by atoms with E-state index in [1.165, 1.54) is 12.3 Å². The van der Waals surface area contributed by atoms with Gasteiger partial charge in [0.1, 0.15) is 11.5 Å². The first kappa shape index (κ1) is 12.0. The number of carbonyl (C=O) groups is 3. The van der Waals surface area contributed by atoms with Crippen LogP contribution in [0.15, 0.2) is 42.7 Å². The number of fused-ring (bicyclic) bond motifs is 1. The molecule has 0 radical (unpaired) electrons. The summed E-state index contributed by atoms with van der Waals surface area (Å²) in [5, 5.41) is 1.99. The second-order valence-electron chi connectivity index (χ2n) is 4.08. The molecular formula is C14H8N2O4. The van der Waals surface area contributed by atoms with Crippen molar-refractivity contribution in [1.82, 2.24) is 10.3 Å². The van der Waals surface area contributed by atoms with Gasteiger partial charge in [-0.3, -0.25) is 24.7 Å². The second kappa shape index (κ2) is 4.58. The number of rotatable bonds is 2. The van der Waals surface area contributed by atoms with Crippen LogP contribution in [0.25, 0.3) is 0 Å². The average Bonchev–Trinajstić information content (AvgIpc) is 2.46. The molecule has 0 saturated heterocycles. The molecule has 1 aromatic heterocycles. The van der Waals surface area contributed by atoms with E-state index in [0.717, 1.165) is 0 Å². The van der Waals surface area contributed by atoms with Crippen LogP contribution in [0.4, 0.5) is 0 Å². The van der Waals surface area contributed by atoms with Crippen molar-refractivity contribution >= 4 is 17.6 Å². The minimum Gasteiger partial charge on any atom is -0.455 e. The number of hydrogen-bond donors (Lipinski definition) is 1. The molecule has 20 heavy (non-hydrogen) atoms. The maximum atomic E-state index is 11.9. The number of aromatic nitrogens is 1. The summed E-state index contributed by atoms with van der Waals surface area (Å²) in [4.78, 5) is 38.8. The van der Waals surface area contributed by atoms with Crippen molar-refractivity contribution in [3.63, 3.8) is 0 Å². The molecule has 6 nitrogen and oxygen atoms in total. The molecule has 1 N–H and O–H groups in total. The average molecular weight is 268 g/mol. The number of nitrogens with zero attached hydrogens (tertiary/aromatic N) is 1. The predicted molar refractivity (Wildman–Crippen MR) is 67.6 cm³/mol. The van der Waals surface area contributed by atoms with E-state index in [1.54, 1.807) is 30.5 Å². The molecule has 1 aliphatic rings. The Balaban J connectivity index is 2.08. The van der Waals surface area contributed by atoms with E-state index in [-0.39, 0.29) is 16.9 Å². The molecule has 3 rings (SSSR count). The van der Waals surface area contributed by atoms with Crippen molar-refractivity contribution in [3.05, 3.63) is 53.9 Å². The number of hydrogen-bond acceptors (Lipinski definition) is 5. The van der Waals surface area contributed by atoms with Crippen molar-refractivity contribution in [2.45, 2.75) is 0 Å². The van der Waals surface area contributed by atoms with Gasteiger partial charge in [0.05, 0.1) is 11.8 Å². The van der Waals surface area contributed by atoms with Crippen molar-refractivity contribution in [2.75, 3.05) is 0 Å². The number of imide groups is 1. The lowest BCUT2D eigenvalue weighted by atomic mass is 9.98. The number of carbonyl (C=O) groups excluding carboxylic acids is 3. The van der Waals surface area contributed by atoms with E-state index >= 15 is 0 Å². The number of benzene rings is 1. The third-order valence-electron chi connectivity index (χ3n) is 2.79. The van der Waals surface area contributed by atoms with Gasteiger partial charge in [-0.05, 0) is 24.3 Å². The SMILES string of the molecule is O=C1NC(=O)c2c(Oc3cccnc3)cccc2C1=O. The largest absolute Gasteiger partial charge is 0.455 e. The van der Waals surface area contributed by atoms with Crippen molar-refractivity contribution < 1.29 is 19.1 Å². The van der Waals surface area contributed by atoms with Crippen molar-refractivity contribution in [3.8, 4) is 11.5 Å². The van der Waals surface area contributed by atoms with Gasteiger partial charge in [0, 0.05) is 11.8 Å². The lowest BCUT2D eigenvalue weighted by Crippen LogP contribution is -2.42. The standard InChI is InChI=1S/C14H8N2O4/c17-12-9-4-1-5-10(11(9)13(18)16-14(12)19)20-8-3-2-6-15-7-8/h1-7H,(H,16,18,19). The molecule has 2 amide bonds. The number of ketones is 1. The van der Waals surface area contributed by atoms with Gasteiger partial charge in [-0.1, -0.05) is 6.07 Å². The van der Waals surface area contributed by atoms with Gasteiger partial charge in [0.15, 0.2) is 0 Å². The van der Waals surface area contributed by atoms with Gasteiger partial charge in [-0.15, -0.1) is 0 Å².